The number of amides is 3. The van der Waals surface area contributed by atoms with Crippen LogP contribution in [0.25, 0.3) is 0 Å². The molecule has 1 aliphatic heterocycles. The second-order valence-corrected chi connectivity index (χ2v) is 6.82. The number of unbranched alkanes of at least 4 members (excludes halogenated alkanes) is 1. The van der Waals surface area contributed by atoms with Crippen molar-refractivity contribution < 1.29 is 27.5 Å². The zero-order valence-corrected chi connectivity index (χ0v) is 15.8. The highest BCUT2D eigenvalue weighted by atomic mass is 19.3. The molecule has 2 aromatic rings. The first-order chi connectivity index (χ1) is 13.9. The maximum Gasteiger partial charge on any atom is 0.387 e. The molecular formula is C21H21F3N2O3. The second kappa shape index (κ2) is 8.55. The molecule has 1 fully saturated rings. The predicted molar refractivity (Wildman–Crippen MR) is 99.8 cm³/mol. The molecule has 0 aromatic heterocycles. The van der Waals surface area contributed by atoms with Crippen LogP contribution >= 0.6 is 0 Å². The van der Waals surface area contributed by atoms with E-state index in [1.165, 1.54) is 42.5 Å². The molecule has 5 nitrogen and oxygen atoms in total. The molecule has 0 saturated carbocycles. The highest BCUT2D eigenvalue weighted by Gasteiger charge is 2.51. The number of benzene rings is 2. The molecule has 1 heterocycles. The number of carbonyl (C=O) groups is 2. The molecule has 1 aliphatic rings. The Balaban J connectivity index is 1.93. The minimum Gasteiger partial charge on any atom is -0.434 e. The molecule has 1 N–H and O–H groups in total. The Hall–Kier alpha value is -3.03. The Morgan fingerprint density at radius 2 is 1.79 bits per heavy atom. The van der Waals surface area contributed by atoms with Crippen molar-refractivity contribution in [1.29, 1.82) is 0 Å². The summed E-state index contributed by atoms with van der Waals surface area (Å²) < 4.78 is 43.2. The number of ether oxygens (including phenoxy) is 1. The largest absolute Gasteiger partial charge is 0.434 e. The lowest BCUT2D eigenvalue weighted by Gasteiger charge is -2.27. The van der Waals surface area contributed by atoms with Gasteiger partial charge in [0.15, 0.2) is 0 Å². The number of nitrogens with one attached hydrogen (secondary N) is 1. The van der Waals surface area contributed by atoms with Crippen LogP contribution in [-0.4, -0.2) is 23.4 Å². The number of hydrogen-bond acceptors (Lipinski definition) is 3. The zero-order valence-electron chi connectivity index (χ0n) is 15.8. The van der Waals surface area contributed by atoms with E-state index in [0.29, 0.717) is 18.4 Å². The number of carbonyl (C=O) groups excluding carboxylic acids is 2. The Kier molecular flexibility index (Phi) is 6.10. The van der Waals surface area contributed by atoms with E-state index in [-0.39, 0.29) is 17.9 Å². The number of rotatable bonds is 8. The van der Waals surface area contributed by atoms with Crippen molar-refractivity contribution in [3.05, 3.63) is 65.5 Å². The van der Waals surface area contributed by atoms with Gasteiger partial charge in [-0.1, -0.05) is 50.1 Å². The van der Waals surface area contributed by atoms with Gasteiger partial charge in [0.05, 0.1) is 6.54 Å². The summed E-state index contributed by atoms with van der Waals surface area (Å²) in [6.07, 6.45) is 1.78. The molecule has 154 valence electrons. The van der Waals surface area contributed by atoms with Crippen molar-refractivity contribution in [3.8, 4) is 5.75 Å². The highest BCUT2D eigenvalue weighted by molar-refractivity contribution is 6.07. The van der Waals surface area contributed by atoms with Gasteiger partial charge in [-0.25, -0.2) is 9.18 Å². The molecular weight excluding hydrogens is 385 g/mol. The molecule has 3 rings (SSSR count). The van der Waals surface area contributed by atoms with Gasteiger partial charge in [0, 0.05) is 5.56 Å². The van der Waals surface area contributed by atoms with Crippen LogP contribution in [0, 0.1) is 5.82 Å². The van der Waals surface area contributed by atoms with E-state index in [1.54, 1.807) is 6.07 Å². The molecule has 3 amide bonds. The first-order valence-corrected chi connectivity index (χ1v) is 9.30. The lowest BCUT2D eigenvalue weighted by Crippen LogP contribution is -2.44. The summed E-state index contributed by atoms with van der Waals surface area (Å²) in [7, 11) is 0. The van der Waals surface area contributed by atoms with Crippen LogP contribution in [0.1, 0.15) is 37.3 Å². The van der Waals surface area contributed by atoms with Crippen molar-refractivity contribution in [1.82, 2.24) is 10.2 Å². The molecule has 1 atom stereocenters. The maximum atomic E-state index is 13.4. The van der Waals surface area contributed by atoms with Gasteiger partial charge in [-0.3, -0.25) is 9.69 Å². The van der Waals surface area contributed by atoms with Gasteiger partial charge < -0.3 is 10.1 Å². The fraction of sp³-hybridized carbons (Fsp3) is 0.333. The van der Waals surface area contributed by atoms with Crippen molar-refractivity contribution in [3.63, 3.8) is 0 Å². The van der Waals surface area contributed by atoms with Gasteiger partial charge in [0.2, 0.25) is 0 Å². The number of hydrogen-bond donors (Lipinski definition) is 1. The first-order valence-electron chi connectivity index (χ1n) is 9.30. The summed E-state index contributed by atoms with van der Waals surface area (Å²) in [5.41, 5.74) is -0.564. The molecule has 0 bridgehead atoms. The number of alkyl halides is 2. The summed E-state index contributed by atoms with van der Waals surface area (Å²) >= 11 is 0. The van der Waals surface area contributed by atoms with E-state index in [1.807, 2.05) is 6.92 Å². The molecule has 8 heteroatoms. The van der Waals surface area contributed by atoms with Gasteiger partial charge >= 0.3 is 12.6 Å². The third kappa shape index (κ3) is 4.21. The fourth-order valence-electron chi connectivity index (χ4n) is 3.47. The fourth-order valence-corrected chi connectivity index (χ4v) is 3.47. The minimum atomic E-state index is -3.03. The lowest BCUT2D eigenvalue weighted by atomic mass is 9.84. The average Bonchev–Trinajstić information content (AvgIpc) is 2.93. The number of para-hydroxylation sites is 1. The zero-order chi connectivity index (χ0) is 21.0. The van der Waals surface area contributed by atoms with Crippen LogP contribution in [0.4, 0.5) is 18.0 Å². The van der Waals surface area contributed by atoms with Crippen LogP contribution in [0.2, 0.25) is 0 Å². The van der Waals surface area contributed by atoms with Gasteiger partial charge in [-0.2, -0.15) is 8.78 Å². The summed E-state index contributed by atoms with van der Waals surface area (Å²) in [4.78, 5) is 27.0. The van der Waals surface area contributed by atoms with Crippen LogP contribution in [0.15, 0.2) is 48.5 Å². The predicted octanol–water partition coefficient (Wildman–Crippen LogP) is 4.56. The topological polar surface area (TPSA) is 58.6 Å². The number of nitrogens with zero attached hydrogens (tertiary/aromatic N) is 1. The molecule has 2 aromatic carbocycles. The van der Waals surface area contributed by atoms with Crippen molar-refractivity contribution >= 4 is 11.9 Å². The first kappa shape index (κ1) is 20.7. The van der Waals surface area contributed by atoms with E-state index in [0.717, 1.165) is 11.3 Å². The van der Waals surface area contributed by atoms with Crippen LogP contribution in [-0.2, 0) is 16.9 Å². The maximum absolute atomic E-state index is 13.4. The van der Waals surface area contributed by atoms with E-state index in [2.05, 4.69) is 10.1 Å². The van der Waals surface area contributed by atoms with Crippen molar-refractivity contribution in [2.75, 3.05) is 0 Å². The molecule has 0 radical (unpaired) electrons. The van der Waals surface area contributed by atoms with E-state index in [9.17, 15) is 22.8 Å². The van der Waals surface area contributed by atoms with E-state index in [4.69, 9.17) is 0 Å². The van der Waals surface area contributed by atoms with Crippen molar-refractivity contribution in [2.24, 2.45) is 0 Å². The number of urea groups is 1. The Labute approximate surface area is 166 Å². The van der Waals surface area contributed by atoms with Gasteiger partial charge in [0.1, 0.15) is 17.1 Å². The molecule has 1 unspecified atom stereocenters. The smallest absolute Gasteiger partial charge is 0.387 e. The standard InChI is InChI=1S/C21H21F3N2O3/c1-2-3-12-21(15-8-10-16(22)11-9-15)18(27)26(20(28)25-21)13-14-6-4-5-7-17(14)29-19(23)24/h4-11,19H,2-3,12-13H2,1H3,(H,25,28). The number of halogens is 3. The quantitative estimate of drug-likeness (QED) is 0.654. The lowest BCUT2D eigenvalue weighted by molar-refractivity contribution is -0.132. The summed E-state index contributed by atoms with van der Waals surface area (Å²) in [6.45, 7) is -1.29. The molecule has 0 spiro atoms. The molecule has 0 aliphatic carbocycles. The van der Waals surface area contributed by atoms with Gasteiger partial charge in [-0.05, 0) is 30.2 Å². The average molecular weight is 406 g/mol. The van der Waals surface area contributed by atoms with Crippen LogP contribution in [0.3, 0.4) is 0 Å². The SMILES string of the molecule is CCCCC1(c2ccc(F)cc2)NC(=O)N(Cc2ccccc2OC(F)F)C1=O. The normalized spacial score (nSPS) is 19.0. The minimum absolute atomic E-state index is 0.101. The second-order valence-electron chi connectivity index (χ2n) is 6.82. The summed E-state index contributed by atoms with van der Waals surface area (Å²) in [6, 6.07) is 10.8. The Bertz CT molecular complexity index is 889. The van der Waals surface area contributed by atoms with E-state index < -0.39 is 29.9 Å². The van der Waals surface area contributed by atoms with Gasteiger partial charge in [-0.15, -0.1) is 0 Å². The van der Waals surface area contributed by atoms with Gasteiger partial charge in [0.25, 0.3) is 5.91 Å². The molecule has 1 saturated heterocycles. The summed E-state index contributed by atoms with van der Waals surface area (Å²) in [5.74, 6) is -1.06. The molecule has 29 heavy (non-hydrogen) atoms. The van der Waals surface area contributed by atoms with Crippen molar-refractivity contribution in [2.45, 2.75) is 44.9 Å². The van der Waals surface area contributed by atoms with Crippen LogP contribution < -0.4 is 10.1 Å². The highest BCUT2D eigenvalue weighted by Crippen LogP contribution is 2.36. The van der Waals surface area contributed by atoms with Crippen LogP contribution in [0.5, 0.6) is 5.75 Å². The Morgan fingerprint density at radius 3 is 2.45 bits per heavy atom. The monoisotopic (exact) mass is 406 g/mol. The third-order valence-electron chi connectivity index (χ3n) is 4.94. The third-order valence-corrected chi connectivity index (χ3v) is 4.94. The summed E-state index contributed by atoms with van der Waals surface area (Å²) in [5, 5.41) is 2.74. The van der Waals surface area contributed by atoms with E-state index >= 15 is 0 Å². The Morgan fingerprint density at radius 1 is 1.10 bits per heavy atom. The number of imide groups is 1.